The van der Waals surface area contributed by atoms with Crippen LogP contribution >= 0.6 is 0 Å². The molecule has 0 aliphatic heterocycles. The first-order valence-electron chi connectivity index (χ1n) is 3.52. The minimum Gasteiger partial charge on any atom is -0.465 e. The average molecular weight is 149 g/mol. The maximum absolute atomic E-state index is 5.30. The van der Waals surface area contributed by atoms with Crippen LogP contribution in [0.4, 0.5) is 0 Å². The number of aryl methyl sites for hydroxylation is 1. The topological polar surface area (TPSA) is 25.2 Å². The molecule has 1 rings (SSSR count). The molecular formula is C9H11NO. The van der Waals surface area contributed by atoms with E-state index in [1.807, 2.05) is 19.1 Å². The number of hydrogen-bond acceptors (Lipinski definition) is 2. The zero-order valence-electron chi connectivity index (χ0n) is 6.55. The van der Waals surface area contributed by atoms with Crippen molar-refractivity contribution in [1.29, 1.82) is 0 Å². The summed E-state index contributed by atoms with van der Waals surface area (Å²) in [6, 6.07) is 3.88. The summed E-state index contributed by atoms with van der Waals surface area (Å²) in [6.45, 7) is 3.21. The second-order valence-electron chi connectivity index (χ2n) is 2.32. The Morgan fingerprint density at radius 3 is 3.00 bits per heavy atom. The highest BCUT2D eigenvalue weighted by Crippen LogP contribution is 2.04. The Bertz CT molecular complexity index is 257. The fraction of sp³-hybridized carbons (Fsp3) is 0.333. The minimum atomic E-state index is 0.583. The monoisotopic (exact) mass is 149 g/mol. The quantitative estimate of drug-likeness (QED) is 0.518. The van der Waals surface area contributed by atoms with E-state index in [1.165, 1.54) is 0 Å². The molecule has 0 bridgehead atoms. The number of furan rings is 1. The minimum absolute atomic E-state index is 0.583. The van der Waals surface area contributed by atoms with Crippen LogP contribution in [0.25, 0.3) is 0 Å². The highest BCUT2D eigenvalue weighted by molar-refractivity contribution is 5.05. The van der Waals surface area contributed by atoms with Gasteiger partial charge in [-0.25, -0.2) is 0 Å². The third-order valence-electron chi connectivity index (χ3n) is 1.32. The van der Waals surface area contributed by atoms with Crippen LogP contribution in [-0.4, -0.2) is 6.54 Å². The molecule has 0 saturated heterocycles. The van der Waals surface area contributed by atoms with Crippen LogP contribution in [0, 0.1) is 19.3 Å². The first-order valence-corrected chi connectivity index (χ1v) is 3.52. The van der Waals surface area contributed by atoms with Crippen molar-refractivity contribution >= 4 is 0 Å². The van der Waals surface area contributed by atoms with Crippen LogP contribution in [0.15, 0.2) is 16.5 Å². The van der Waals surface area contributed by atoms with E-state index in [9.17, 15) is 0 Å². The third kappa shape index (κ3) is 2.48. The lowest BCUT2D eigenvalue weighted by atomic mass is 10.4. The van der Waals surface area contributed by atoms with Gasteiger partial charge < -0.3 is 4.42 Å². The van der Waals surface area contributed by atoms with Gasteiger partial charge in [0.25, 0.3) is 0 Å². The van der Waals surface area contributed by atoms with Crippen LogP contribution in [0.2, 0.25) is 0 Å². The number of rotatable bonds is 3. The molecule has 1 aromatic heterocycles. The predicted molar refractivity (Wildman–Crippen MR) is 44.0 cm³/mol. The number of nitrogens with one attached hydrogen (secondary N) is 1. The van der Waals surface area contributed by atoms with Gasteiger partial charge in [-0.15, -0.1) is 6.42 Å². The zero-order chi connectivity index (χ0) is 8.10. The normalized spacial score (nSPS) is 9.45. The van der Waals surface area contributed by atoms with E-state index in [2.05, 4.69) is 11.2 Å². The Balaban J connectivity index is 2.34. The van der Waals surface area contributed by atoms with Crippen molar-refractivity contribution in [2.75, 3.05) is 6.54 Å². The standard InChI is InChI=1S/C9H11NO/c1-3-6-10-7-9-5-4-8(2)11-9/h1,4-5,10H,6-7H2,2H3. The second-order valence-corrected chi connectivity index (χ2v) is 2.32. The molecule has 11 heavy (non-hydrogen) atoms. The fourth-order valence-electron chi connectivity index (χ4n) is 0.838. The van der Waals surface area contributed by atoms with Crippen molar-refractivity contribution in [3.8, 4) is 12.3 Å². The maximum atomic E-state index is 5.30. The van der Waals surface area contributed by atoms with Crippen molar-refractivity contribution in [3.63, 3.8) is 0 Å². The third-order valence-corrected chi connectivity index (χ3v) is 1.32. The molecule has 0 saturated carbocycles. The molecule has 0 aliphatic rings. The summed E-state index contributed by atoms with van der Waals surface area (Å²) in [5.74, 6) is 4.35. The van der Waals surface area contributed by atoms with Crippen LogP contribution < -0.4 is 5.32 Å². The fourth-order valence-corrected chi connectivity index (χ4v) is 0.838. The van der Waals surface area contributed by atoms with Gasteiger partial charge in [0, 0.05) is 0 Å². The van der Waals surface area contributed by atoms with E-state index in [1.54, 1.807) is 0 Å². The summed E-state index contributed by atoms with van der Waals surface area (Å²) in [5, 5.41) is 3.03. The van der Waals surface area contributed by atoms with Gasteiger partial charge in [-0.05, 0) is 19.1 Å². The first-order chi connectivity index (χ1) is 5.33. The zero-order valence-corrected chi connectivity index (χ0v) is 6.55. The van der Waals surface area contributed by atoms with Gasteiger partial charge in [0.15, 0.2) is 0 Å². The highest BCUT2D eigenvalue weighted by Gasteiger charge is 1.95. The van der Waals surface area contributed by atoms with Crippen LogP contribution in [0.3, 0.4) is 0 Å². The van der Waals surface area contributed by atoms with Gasteiger partial charge >= 0.3 is 0 Å². The molecule has 0 radical (unpaired) electrons. The summed E-state index contributed by atoms with van der Waals surface area (Å²) in [5.41, 5.74) is 0. The lowest BCUT2D eigenvalue weighted by molar-refractivity contribution is 0.468. The van der Waals surface area contributed by atoms with Gasteiger partial charge in [-0.2, -0.15) is 0 Å². The van der Waals surface area contributed by atoms with Gasteiger partial charge in [-0.1, -0.05) is 5.92 Å². The average Bonchev–Trinajstić information content (AvgIpc) is 2.37. The van der Waals surface area contributed by atoms with Gasteiger partial charge in [0.2, 0.25) is 0 Å². The van der Waals surface area contributed by atoms with E-state index in [0.717, 1.165) is 11.5 Å². The summed E-state index contributed by atoms with van der Waals surface area (Å²) in [4.78, 5) is 0. The number of hydrogen-bond donors (Lipinski definition) is 1. The van der Waals surface area contributed by atoms with E-state index >= 15 is 0 Å². The lowest BCUT2D eigenvalue weighted by Crippen LogP contribution is -2.12. The van der Waals surface area contributed by atoms with Crippen molar-refractivity contribution in [1.82, 2.24) is 5.32 Å². The summed E-state index contributed by atoms with van der Waals surface area (Å²) >= 11 is 0. The van der Waals surface area contributed by atoms with E-state index < -0.39 is 0 Å². The van der Waals surface area contributed by atoms with Gasteiger partial charge in [0.1, 0.15) is 11.5 Å². The Kier molecular flexibility index (Phi) is 2.76. The van der Waals surface area contributed by atoms with Crippen LogP contribution in [0.5, 0.6) is 0 Å². The molecule has 1 heterocycles. The van der Waals surface area contributed by atoms with Crippen molar-refractivity contribution in [3.05, 3.63) is 23.7 Å². The van der Waals surface area contributed by atoms with E-state index in [0.29, 0.717) is 13.1 Å². The molecule has 2 heteroatoms. The largest absolute Gasteiger partial charge is 0.465 e. The highest BCUT2D eigenvalue weighted by atomic mass is 16.3. The maximum Gasteiger partial charge on any atom is 0.117 e. The van der Waals surface area contributed by atoms with Crippen molar-refractivity contribution in [2.24, 2.45) is 0 Å². The Morgan fingerprint density at radius 1 is 1.64 bits per heavy atom. The van der Waals surface area contributed by atoms with Gasteiger partial charge in [-0.3, -0.25) is 5.32 Å². The molecule has 0 unspecified atom stereocenters. The molecular weight excluding hydrogens is 138 g/mol. The van der Waals surface area contributed by atoms with Crippen molar-refractivity contribution < 1.29 is 4.42 Å². The van der Waals surface area contributed by atoms with Gasteiger partial charge in [0.05, 0.1) is 13.1 Å². The second kappa shape index (κ2) is 3.85. The first kappa shape index (κ1) is 7.90. The molecule has 0 aliphatic carbocycles. The number of terminal acetylenes is 1. The lowest BCUT2D eigenvalue weighted by Gasteiger charge is -1.94. The van der Waals surface area contributed by atoms with Crippen LogP contribution in [-0.2, 0) is 6.54 Å². The summed E-state index contributed by atoms with van der Waals surface area (Å²) in [6.07, 6.45) is 5.05. The smallest absolute Gasteiger partial charge is 0.117 e. The van der Waals surface area contributed by atoms with E-state index in [-0.39, 0.29) is 0 Å². The molecule has 0 fully saturated rings. The Labute approximate surface area is 66.6 Å². The molecule has 0 aromatic carbocycles. The molecule has 58 valence electrons. The predicted octanol–water partition coefficient (Wildman–Crippen LogP) is 1.31. The van der Waals surface area contributed by atoms with Crippen molar-refractivity contribution in [2.45, 2.75) is 13.5 Å². The Morgan fingerprint density at radius 2 is 2.45 bits per heavy atom. The molecule has 1 aromatic rings. The molecule has 0 amide bonds. The summed E-state index contributed by atoms with van der Waals surface area (Å²) < 4.78 is 5.30. The molecule has 1 N–H and O–H groups in total. The Hall–Kier alpha value is -1.20. The molecule has 2 nitrogen and oxygen atoms in total. The summed E-state index contributed by atoms with van der Waals surface area (Å²) in [7, 11) is 0. The van der Waals surface area contributed by atoms with Crippen LogP contribution in [0.1, 0.15) is 11.5 Å². The molecule has 0 atom stereocenters. The molecule has 0 spiro atoms. The SMILES string of the molecule is C#CCNCc1ccc(C)o1. The van der Waals surface area contributed by atoms with E-state index in [4.69, 9.17) is 10.8 Å².